The third-order valence-electron chi connectivity index (χ3n) is 3.71. The molecule has 0 atom stereocenters. The molecular formula is C15H30N2O. The van der Waals surface area contributed by atoms with E-state index in [1.165, 1.54) is 64.2 Å². The van der Waals surface area contributed by atoms with E-state index in [0.29, 0.717) is 12.6 Å². The molecule has 0 bridgehead atoms. The van der Waals surface area contributed by atoms with Crippen LogP contribution in [-0.2, 0) is 4.79 Å². The molecule has 0 saturated heterocycles. The van der Waals surface area contributed by atoms with Crippen molar-refractivity contribution < 1.29 is 4.79 Å². The highest BCUT2D eigenvalue weighted by Crippen LogP contribution is 2.16. The van der Waals surface area contributed by atoms with Crippen molar-refractivity contribution in [3.05, 3.63) is 0 Å². The van der Waals surface area contributed by atoms with E-state index in [1.807, 2.05) is 0 Å². The first-order chi connectivity index (χ1) is 8.83. The maximum atomic E-state index is 11.7. The maximum Gasteiger partial charge on any atom is 0.234 e. The maximum absolute atomic E-state index is 11.7. The lowest BCUT2D eigenvalue weighted by atomic mass is 10.1. The number of unbranched alkanes of at least 4 members (excludes halogenated alkanes) is 3. The predicted molar refractivity (Wildman–Crippen MR) is 76.6 cm³/mol. The standard InChI is InChI=1S/C15H30N2O/c1-2-3-4-9-12-16-13-15(18)17-14-10-7-5-6-8-11-14/h14,16H,2-13H2,1H3,(H,17,18). The summed E-state index contributed by atoms with van der Waals surface area (Å²) in [6, 6.07) is 0.432. The molecule has 0 unspecified atom stereocenters. The summed E-state index contributed by atoms with van der Waals surface area (Å²) >= 11 is 0. The van der Waals surface area contributed by atoms with Gasteiger partial charge < -0.3 is 10.6 Å². The van der Waals surface area contributed by atoms with Crippen LogP contribution in [0.3, 0.4) is 0 Å². The number of hydrogen-bond acceptors (Lipinski definition) is 2. The normalized spacial score (nSPS) is 17.4. The molecule has 106 valence electrons. The Balaban J connectivity index is 1.98. The second-order valence-electron chi connectivity index (χ2n) is 5.49. The average Bonchev–Trinajstić information content (AvgIpc) is 2.62. The van der Waals surface area contributed by atoms with Gasteiger partial charge in [-0.05, 0) is 25.8 Å². The van der Waals surface area contributed by atoms with E-state index in [0.717, 1.165) is 6.54 Å². The van der Waals surface area contributed by atoms with Crippen molar-refractivity contribution >= 4 is 5.91 Å². The van der Waals surface area contributed by atoms with Gasteiger partial charge in [0.1, 0.15) is 0 Å². The van der Waals surface area contributed by atoms with Crippen LogP contribution >= 0.6 is 0 Å². The fraction of sp³-hybridized carbons (Fsp3) is 0.933. The van der Waals surface area contributed by atoms with Gasteiger partial charge >= 0.3 is 0 Å². The summed E-state index contributed by atoms with van der Waals surface area (Å²) < 4.78 is 0. The van der Waals surface area contributed by atoms with Gasteiger partial charge in [0, 0.05) is 6.04 Å². The van der Waals surface area contributed by atoms with E-state index in [9.17, 15) is 4.79 Å². The Morgan fingerprint density at radius 1 is 1.06 bits per heavy atom. The highest BCUT2D eigenvalue weighted by atomic mass is 16.1. The molecule has 1 rings (SSSR count). The van der Waals surface area contributed by atoms with Gasteiger partial charge in [-0.2, -0.15) is 0 Å². The van der Waals surface area contributed by atoms with Gasteiger partial charge in [0.2, 0.25) is 5.91 Å². The molecule has 1 amide bonds. The second-order valence-corrected chi connectivity index (χ2v) is 5.49. The first-order valence-corrected chi connectivity index (χ1v) is 7.83. The van der Waals surface area contributed by atoms with Crippen LogP contribution in [0.25, 0.3) is 0 Å². The van der Waals surface area contributed by atoms with Gasteiger partial charge in [-0.15, -0.1) is 0 Å². The number of hydrogen-bond donors (Lipinski definition) is 2. The van der Waals surface area contributed by atoms with E-state index in [-0.39, 0.29) is 5.91 Å². The van der Waals surface area contributed by atoms with E-state index in [4.69, 9.17) is 0 Å². The van der Waals surface area contributed by atoms with Crippen LogP contribution in [-0.4, -0.2) is 25.0 Å². The Morgan fingerprint density at radius 3 is 2.44 bits per heavy atom. The van der Waals surface area contributed by atoms with Crippen molar-refractivity contribution in [2.24, 2.45) is 0 Å². The number of nitrogens with one attached hydrogen (secondary N) is 2. The molecule has 0 spiro atoms. The van der Waals surface area contributed by atoms with Gasteiger partial charge in [0.05, 0.1) is 6.54 Å². The van der Waals surface area contributed by atoms with Crippen LogP contribution in [0.2, 0.25) is 0 Å². The predicted octanol–water partition coefficient (Wildman–Crippen LogP) is 3.00. The van der Waals surface area contributed by atoms with Crippen molar-refractivity contribution in [3.8, 4) is 0 Å². The Bertz CT molecular complexity index is 211. The Kier molecular flexibility index (Phi) is 8.92. The van der Waals surface area contributed by atoms with Gasteiger partial charge in [0.15, 0.2) is 0 Å². The summed E-state index contributed by atoms with van der Waals surface area (Å²) in [5.41, 5.74) is 0. The second kappa shape index (κ2) is 10.4. The zero-order valence-electron chi connectivity index (χ0n) is 12.0. The van der Waals surface area contributed by atoms with Crippen LogP contribution in [0.5, 0.6) is 0 Å². The van der Waals surface area contributed by atoms with Crippen molar-refractivity contribution in [1.82, 2.24) is 10.6 Å². The highest BCUT2D eigenvalue weighted by Gasteiger charge is 2.13. The van der Waals surface area contributed by atoms with Gasteiger partial charge in [-0.3, -0.25) is 4.79 Å². The monoisotopic (exact) mass is 254 g/mol. The van der Waals surface area contributed by atoms with Crippen LogP contribution in [0, 0.1) is 0 Å². The van der Waals surface area contributed by atoms with Crippen molar-refractivity contribution in [1.29, 1.82) is 0 Å². The minimum atomic E-state index is 0.178. The fourth-order valence-electron chi connectivity index (χ4n) is 2.58. The zero-order chi connectivity index (χ0) is 13.1. The molecule has 2 N–H and O–H groups in total. The Labute approximate surface area is 112 Å². The third-order valence-corrected chi connectivity index (χ3v) is 3.71. The molecular weight excluding hydrogens is 224 g/mol. The van der Waals surface area contributed by atoms with Crippen LogP contribution in [0.1, 0.15) is 71.1 Å². The average molecular weight is 254 g/mol. The molecule has 1 fully saturated rings. The summed E-state index contributed by atoms with van der Waals surface area (Å²) in [5, 5.41) is 6.40. The van der Waals surface area contributed by atoms with Gasteiger partial charge in [-0.1, -0.05) is 51.9 Å². The van der Waals surface area contributed by atoms with Crippen LogP contribution in [0.4, 0.5) is 0 Å². The minimum Gasteiger partial charge on any atom is -0.352 e. The fourth-order valence-corrected chi connectivity index (χ4v) is 2.58. The molecule has 0 aromatic carbocycles. The van der Waals surface area contributed by atoms with E-state index in [2.05, 4.69) is 17.6 Å². The Morgan fingerprint density at radius 2 is 1.78 bits per heavy atom. The third kappa shape index (κ3) is 7.70. The number of rotatable bonds is 8. The summed E-state index contributed by atoms with van der Waals surface area (Å²) in [6.45, 7) is 3.67. The van der Waals surface area contributed by atoms with Crippen LogP contribution < -0.4 is 10.6 Å². The summed E-state index contributed by atoms with van der Waals surface area (Å²) in [7, 11) is 0. The minimum absolute atomic E-state index is 0.178. The molecule has 18 heavy (non-hydrogen) atoms. The van der Waals surface area contributed by atoms with Gasteiger partial charge in [-0.25, -0.2) is 0 Å². The SMILES string of the molecule is CCCCCCNCC(=O)NC1CCCCCC1. The molecule has 0 aromatic rings. The number of amides is 1. The molecule has 1 saturated carbocycles. The largest absolute Gasteiger partial charge is 0.352 e. The highest BCUT2D eigenvalue weighted by molar-refractivity contribution is 5.78. The Hall–Kier alpha value is -0.570. The molecule has 1 aliphatic carbocycles. The molecule has 3 nitrogen and oxygen atoms in total. The van der Waals surface area contributed by atoms with E-state index in [1.54, 1.807) is 0 Å². The lowest BCUT2D eigenvalue weighted by Crippen LogP contribution is -2.40. The van der Waals surface area contributed by atoms with Crippen molar-refractivity contribution in [3.63, 3.8) is 0 Å². The molecule has 0 heterocycles. The van der Waals surface area contributed by atoms with Crippen LogP contribution in [0.15, 0.2) is 0 Å². The first-order valence-electron chi connectivity index (χ1n) is 7.83. The molecule has 1 aliphatic rings. The smallest absolute Gasteiger partial charge is 0.234 e. The van der Waals surface area contributed by atoms with Gasteiger partial charge in [0.25, 0.3) is 0 Å². The molecule has 0 radical (unpaired) electrons. The summed E-state index contributed by atoms with van der Waals surface area (Å²) in [4.78, 5) is 11.7. The lowest BCUT2D eigenvalue weighted by Gasteiger charge is -2.16. The molecule has 0 aromatic heterocycles. The van der Waals surface area contributed by atoms with Crippen molar-refractivity contribution in [2.75, 3.05) is 13.1 Å². The number of carbonyl (C=O) groups excluding carboxylic acids is 1. The van der Waals surface area contributed by atoms with E-state index < -0.39 is 0 Å². The first kappa shape index (κ1) is 15.5. The summed E-state index contributed by atoms with van der Waals surface area (Å²) in [5.74, 6) is 0.178. The lowest BCUT2D eigenvalue weighted by molar-refractivity contribution is -0.121. The number of carbonyl (C=O) groups is 1. The zero-order valence-corrected chi connectivity index (χ0v) is 12.0. The molecule has 3 heteroatoms. The quantitative estimate of drug-likeness (QED) is 0.516. The van der Waals surface area contributed by atoms with E-state index >= 15 is 0 Å². The van der Waals surface area contributed by atoms with Crippen molar-refractivity contribution in [2.45, 2.75) is 77.2 Å². The molecule has 0 aliphatic heterocycles. The summed E-state index contributed by atoms with van der Waals surface area (Å²) in [6.07, 6.45) is 12.6. The topological polar surface area (TPSA) is 41.1 Å².